The summed E-state index contributed by atoms with van der Waals surface area (Å²) in [6.07, 6.45) is 0.639. The van der Waals surface area contributed by atoms with Crippen LogP contribution < -0.4 is 10.6 Å². The summed E-state index contributed by atoms with van der Waals surface area (Å²) in [4.78, 5) is 14.1. The van der Waals surface area contributed by atoms with Crippen molar-refractivity contribution in [1.82, 2.24) is 15.5 Å². The van der Waals surface area contributed by atoms with Gasteiger partial charge in [-0.25, -0.2) is 0 Å². The van der Waals surface area contributed by atoms with Gasteiger partial charge in [-0.15, -0.1) is 0 Å². The first kappa shape index (κ1) is 14.4. The number of piperazine rings is 1. The van der Waals surface area contributed by atoms with Crippen LogP contribution in [0.25, 0.3) is 0 Å². The summed E-state index contributed by atoms with van der Waals surface area (Å²) in [5, 5.41) is 15.4. The quantitative estimate of drug-likeness (QED) is 0.612. The second kappa shape index (κ2) is 6.93. The molecule has 0 bridgehead atoms. The molecule has 1 aliphatic heterocycles. The van der Waals surface area contributed by atoms with Gasteiger partial charge in [-0.3, -0.25) is 4.79 Å². The summed E-state index contributed by atoms with van der Waals surface area (Å²) in [5.41, 5.74) is 0. The van der Waals surface area contributed by atoms with E-state index in [1.54, 1.807) is 0 Å². The Labute approximate surface area is 104 Å². The fraction of sp³-hybridized carbons (Fsp3) is 0.917. The van der Waals surface area contributed by atoms with Crippen LogP contribution in [0.3, 0.4) is 0 Å². The van der Waals surface area contributed by atoms with Crippen LogP contribution in [-0.2, 0) is 4.79 Å². The maximum atomic E-state index is 12.3. The molecule has 0 aliphatic carbocycles. The number of rotatable bonds is 5. The van der Waals surface area contributed by atoms with Gasteiger partial charge in [-0.1, -0.05) is 0 Å². The lowest BCUT2D eigenvalue weighted by Crippen LogP contribution is -2.60. The molecule has 3 N–H and O–H groups in total. The van der Waals surface area contributed by atoms with E-state index >= 15 is 0 Å². The molecule has 0 spiro atoms. The first-order chi connectivity index (χ1) is 8.06. The Kier molecular flexibility index (Phi) is 5.88. The molecular formula is C12H25N3O2. The van der Waals surface area contributed by atoms with Gasteiger partial charge in [-0.2, -0.15) is 0 Å². The number of carbonyl (C=O) groups is 1. The first-order valence-electron chi connectivity index (χ1n) is 6.44. The van der Waals surface area contributed by atoms with Crippen molar-refractivity contribution in [2.75, 3.05) is 26.2 Å². The molecule has 0 aromatic rings. The predicted octanol–water partition coefficient (Wildman–Crippen LogP) is -0.444. The third kappa shape index (κ3) is 4.26. The van der Waals surface area contributed by atoms with Crippen LogP contribution in [0.1, 0.15) is 27.2 Å². The second-order valence-electron chi connectivity index (χ2n) is 4.97. The van der Waals surface area contributed by atoms with Gasteiger partial charge in [0.1, 0.15) is 0 Å². The Hall–Kier alpha value is -0.650. The fourth-order valence-electron chi connectivity index (χ4n) is 2.02. The van der Waals surface area contributed by atoms with E-state index in [9.17, 15) is 4.79 Å². The number of carbonyl (C=O) groups excluding carboxylic acids is 1. The molecule has 1 aliphatic rings. The first-order valence-corrected chi connectivity index (χ1v) is 6.44. The maximum absolute atomic E-state index is 12.3. The fourth-order valence-corrected chi connectivity index (χ4v) is 2.02. The lowest BCUT2D eigenvalue weighted by atomic mass is 10.1. The zero-order chi connectivity index (χ0) is 12.8. The van der Waals surface area contributed by atoms with Crippen LogP contribution in [0.4, 0.5) is 0 Å². The zero-order valence-corrected chi connectivity index (χ0v) is 11.1. The van der Waals surface area contributed by atoms with Gasteiger partial charge in [0.2, 0.25) is 5.91 Å². The summed E-state index contributed by atoms with van der Waals surface area (Å²) >= 11 is 0. The highest BCUT2D eigenvalue weighted by Crippen LogP contribution is 2.05. The number of hydrogen-bond donors (Lipinski definition) is 3. The van der Waals surface area contributed by atoms with E-state index in [0.29, 0.717) is 25.6 Å². The van der Waals surface area contributed by atoms with Crippen LogP contribution in [0.15, 0.2) is 0 Å². The molecule has 5 heteroatoms. The number of nitrogens with zero attached hydrogens (tertiary/aromatic N) is 1. The molecule has 0 saturated carbocycles. The maximum Gasteiger partial charge on any atom is 0.241 e. The molecule has 100 valence electrons. The SMILES string of the molecule is CC1CNC(C(=O)N(CCCO)C(C)C)CN1. The van der Waals surface area contributed by atoms with Crippen LogP contribution in [0.5, 0.6) is 0 Å². The van der Waals surface area contributed by atoms with Gasteiger partial charge in [0, 0.05) is 38.3 Å². The van der Waals surface area contributed by atoms with E-state index in [2.05, 4.69) is 17.6 Å². The van der Waals surface area contributed by atoms with E-state index in [0.717, 1.165) is 6.54 Å². The van der Waals surface area contributed by atoms with Gasteiger partial charge in [0.05, 0.1) is 6.04 Å². The Balaban J connectivity index is 2.52. The summed E-state index contributed by atoms with van der Waals surface area (Å²) in [6.45, 7) is 8.37. The molecule has 1 fully saturated rings. The van der Waals surface area contributed by atoms with Crippen LogP contribution >= 0.6 is 0 Å². The van der Waals surface area contributed by atoms with Crippen molar-refractivity contribution in [3.8, 4) is 0 Å². The van der Waals surface area contributed by atoms with Gasteiger partial charge in [0.15, 0.2) is 0 Å². The Bertz CT molecular complexity index is 238. The van der Waals surface area contributed by atoms with Crippen molar-refractivity contribution in [2.24, 2.45) is 0 Å². The van der Waals surface area contributed by atoms with Crippen LogP contribution in [0.2, 0.25) is 0 Å². The number of nitrogens with one attached hydrogen (secondary N) is 2. The van der Waals surface area contributed by atoms with Crippen LogP contribution in [-0.4, -0.2) is 60.3 Å². The molecule has 1 heterocycles. The molecule has 5 nitrogen and oxygen atoms in total. The molecule has 1 saturated heterocycles. The highest BCUT2D eigenvalue weighted by atomic mass is 16.3. The van der Waals surface area contributed by atoms with Crippen LogP contribution in [0, 0.1) is 0 Å². The molecule has 2 unspecified atom stereocenters. The molecule has 0 aromatic heterocycles. The third-order valence-corrected chi connectivity index (χ3v) is 3.10. The van der Waals surface area contributed by atoms with E-state index in [4.69, 9.17) is 5.11 Å². The monoisotopic (exact) mass is 243 g/mol. The minimum atomic E-state index is -0.132. The third-order valence-electron chi connectivity index (χ3n) is 3.10. The molecule has 2 atom stereocenters. The Morgan fingerprint density at radius 2 is 2.12 bits per heavy atom. The summed E-state index contributed by atoms with van der Waals surface area (Å²) in [6, 6.07) is 0.464. The van der Waals surface area contributed by atoms with E-state index in [-0.39, 0.29) is 24.6 Å². The lowest BCUT2D eigenvalue weighted by Gasteiger charge is -2.34. The molecule has 1 amide bonds. The standard InChI is InChI=1S/C12H25N3O2/c1-9(2)15(5-4-6-16)12(17)11-8-13-10(3)7-14-11/h9-11,13-14,16H,4-8H2,1-3H3. The number of aliphatic hydroxyl groups is 1. The smallest absolute Gasteiger partial charge is 0.241 e. The van der Waals surface area contributed by atoms with Gasteiger partial charge in [0.25, 0.3) is 0 Å². The van der Waals surface area contributed by atoms with Gasteiger partial charge in [-0.05, 0) is 27.2 Å². The van der Waals surface area contributed by atoms with Crippen molar-refractivity contribution in [3.05, 3.63) is 0 Å². The lowest BCUT2D eigenvalue weighted by molar-refractivity contribution is -0.135. The van der Waals surface area contributed by atoms with Gasteiger partial charge >= 0.3 is 0 Å². The topological polar surface area (TPSA) is 64.6 Å². The summed E-state index contributed by atoms with van der Waals surface area (Å²) < 4.78 is 0. The molecule has 0 radical (unpaired) electrons. The van der Waals surface area contributed by atoms with Crippen molar-refractivity contribution in [1.29, 1.82) is 0 Å². The largest absolute Gasteiger partial charge is 0.396 e. The van der Waals surface area contributed by atoms with E-state index in [1.165, 1.54) is 0 Å². The summed E-state index contributed by atoms with van der Waals surface area (Å²) in [5.74, 6) is 0.132. The van der Waals surface area contributed by atoms with Crippen molar-refractivity contribution in [3.63, 3.8) is 0 Å². The average molecular weight is 243 g/mol. The Morgan fingerprint density at radius 1 is 1.41 bits per heavy atom. The highest BCUT2D eigenvalue weighted by molar-refractivity contribution is 5.82. The number of hydrogen-bond acceptors (Lipinski definition) is 4. The molecule has 1 rings (SSSR count). The molecule has 17 heavy (non-hydrogen) atoms. The van der Waals surface area contributed by atoms with E-state index in [1.807, 2.05) is 18.7 Å². The summed E-state index contributed by atoms with van der Waals surface area (Å²) in [7, 11) is 0. The predicted molar refractivity (Wildman–Crippen MR) is 67.8 cm³/mol. The van der Waals surface area contributed by atoms with E-state index < -0.39 is 0 Å². The minimum absolute atomic E-state index is 0.129. The second-order valence-corrected chi connectivity index (χ2v) is 4.97. The molecular weight excluding hydrogens is 218 g/mol. The van der Waals surface area contributed by atoms with Crippen molar-refractivity contribution >= 4 is 5.91 Å². The Morgan fingerprint density at radius 3 is 2.59 bits per heavy atom. The zero-order valence-electron chi connectivity index (χ0n) is 11.1. The number of aliphatic hydroxyl groups excluding tert-OH is 1. The normalized spacial score (nSPS) is 25.0. The molecule has 0 aromatic carbocycles. The van der Waals surface area contributed by atoms with Crippen molar-refractivity contribution < 1.29 is 9.90 Å². The number of amides is 1. The average Bonchev–Trinajstić information content (AvgIpc) is 2.29. The van der Waals surface area contributed by atoms with Crippen molar-refractivity contribution in [2.45, 2.75) is 45.3 Å². The highest BCUT2D eigenvalue weighted by Gasteiger charge is 2.28. The van der Waals surface area contributed by atoms with Gasteiger partial charge < -0.3 is 20.6 Å². The minimum Gasteiger partial charge on any atom is -0.396 e.